The zero-order chi connectivity index (χ0) is 16.9. The lowest BCUT2D eigenvalue weighted by Gasteiger charge is -2.46. The van der Waals surface area contributed by atoms with E-state index in [1.807, 2.05) is 6.20 Å². The summed E-state index contributed by atoms with van der Waals surface area (Å²) in [4.78, 5) is 5.05. The first-order valence-electron chi connectivity index (χ1n) is 9.05. The Morgan fingerprint density at radius 1 is 1.46 bits per heavy atom. The molecule has 0 N–H and O–H groups in total. The second kappa shape index (κ2) is 5.73. The Hall–Kier alpha value is -1.62. The summed E-state index contributed by atoms with van der Waals surface area (Å²) in [7, 11) is 1.77. The normalized spacial score (nSPS) is 28.3. The molecule has 0 aliphatic heterocycles. The van der Waals surface area contributed by atoms with Crippen LogP contribution in [0.5, 0.6) is 0 Å². The van der Waals surface area contributed by atoms with Crippen LogP contribution >= 0.6 is 0 Å². The number of nitrogens with zero attached hydrogens (tertiary/aromatic N) is 3. The first-order valence-corrected chi connectivity index (χ1v) is 9.05. The number of hydrogen-bond acceptors (Lipinski definition) is 4. The summed E-state index contributed by atoms with van der Waals surface area (Å²) in [5, 5.41) is 4.06. The zero-order valence-electron chi connectivity index (χ0n) is 15.1. The predicted molar refractivity (Wildman–Crippen MR) is 91.2 cm³/mol. The van der Waals surface area contributed by atoms with Gasteiger partial charge in [0.2, 0.25) is 0 Å². The largest absolute Gasteiger partial charge is 0.385 e. The van der Waals surface area contributed by atoms with Crippen LogP contribution in [-0.2, 0) is 29.5 Å². The van der Waals surface area contributed by atoms with Crippen molar-refractivity contribution in [2.75, 3.05) is 13.7 Å². The molecule has 2 aliphatic rings. The molecule has 0 fully saturated rings. The summed E-state index contributed by atoms with van der Waals surface area (Å²) in [6, 6.07) is 0. The molecule has 2 aromatic heterocycles. The molecule has 5 nitrogen and oxygen atoms in total. The molecule has 5 heteroatoms. The quantitative estimate of drug-likeness (QED) is 0.807. The molecule has 0 unspecified atom stereocenters. The Morgan fingerprint density at radius 2 is 2.29 bits per heavy atom. The smallest absolute Gasteiger partial charge is 0.143 e. The van der Waals surface area contributed by atoms with Crippen LogP contribution in [0.25, 0.3) is 0 Å². The van der Waals surface area contributed by atoms with E-state index in [2.05, 4.69) is 30.5 Å². The Balaban J connectivity index is 1.74. The number of aryl methyl sites for hydroxylation is 1. The molecule has 0 spiro atoms. The first-order chi connectivity index (χ1) is 11.6. The number of fused-ring (bicyclic) bond motifs is 4. The summed E-state index contributed by atoms with van der Waals surface area (Å²) < 4.78 is 13.2. The maximum absolute atomic E-state index is 5.56. The van der Waals surface area contributed by atoms with Gasteiger partial charge in [-0.1, -0.05) is 19.0 Å². The Bertz CT molecular complexity index is 748. The summed E-state index contributed by atoms with van der Waals surface area (Å²) in [6.07, 6.45) is 6.23. The van der Waals surface area contributed by atoms with Gasteiger partial charge in [-0.2, -0.15) is 0 Å². The molecule has 0 bridgehead atoms. The van der Waals surface area contributed by atoms with Crippen molar-refractivity contribution in [2.45, 2.75) is 64.3 Å². The van der Waals surface area contributed by atoms with Gasteiger partial charge >= 0.3 is 0 Å². The van der Waals surface area contributed by atoms with E-state index in [0.717, 1.165) is 44.0 Å². The first kappa shape index (κ1) is 15.9. The van der Waals surface area contributed by atoms with Gasteiger partial charge in [0.1, 0.15) is 11.6 Å². The van der Waals surface area contributed by atoms with E-state index in [4.69, 9.17) is 14.2 Å². The van der Waals surface area contributed by atoms with Crippen LogP contribution in [0.15, 0.2) is 10.7 Å². The number of rotatable bonds is 4. The molecule has 0 aromatic carbocycles. The average Bonchev–Trinajstić information content (AvgIpc) is 3.13. The van der Waals surface area contributed by atoms with Gasteiger partial charge in [-0.05, 0) is 38.5 Å². The predicted octanol–water partition coefficient (Wildman–Crippen LogP) is 3.40. The van der Waals surface area contributed by atoms with E-state index >= 15 is 0 Å². The molecule has 0 saturated heterocycles. The number of aromatic nitrogens is 3. The summed E-state index contributed by atoms with van der Waals surface area (Å²) >= 11 is 0. The molecule has 4 rings (SSSR count). The van der Waals surface area contributed by atoms with Crippen molar-refractivity contribution in [2.24, 2.45) is 5.92 Å². The van der Waals surface area contributed by atoms with Gasteiger partial charge in [0.15, 0.2) is 0 Å². The highest BCUT2D eigenvalue weighted by Gasteiger charge is 2.50. The van der Waals surface area contributed by atoms with Crippen LogP contribution in [0.3, 0.4) is 0 Å². The van der Waals surface area contributed by atoms with Crippen molar-refractivity contribution in [1.29, 1.82) is 0 Å². The van der Waals surface area contributed by atoms with Crippen LogP contribution in [0, 0.1) is 12.8 Å². The van der Waals surface area contributed by atoms with Crippen molar-refractivity contribution >= 4 is 0 Å². The van der Waals surface area contributed by atoms with E-state index in [-0.39, 0.29) is 5.41 Å². The van der Waals surface area contributed by atoms with Crippen LogP contribution < -0.4 is 0 Å². The maximum Gasteiger partial charge on any atom is 0.143 e. The van der Waals surface area contributed by atoms with Gasteiger partial charge in [0, 0.05) is 42.9 Å². The lowest BCUT2D eigenvalue weighted by atomic mass is 9.57. The van der Waals surface area contributed by atoms with Gasteiger partial charge in [0.25, 0.3) is 0 Å². The minimum Gasteiger partial charge on any atom is -0.385 e. The fraction of sp³-hybridized carbons (Fsp3) is 0.684. The standard InChI is InChI=1S/C19H27N3O2/c1-12-15-6-7-16-18(21-13(2)22(16)8-5-9-23-4)19(15,3)10-14-11-20-24-17(12)14/h11-12,15H,5-10H2,1-4H3/t12-,15-,19-/m0/s1. The topological polar surface area (TPSA) is 53.1 Å². The van der Waals surface area contributed by atoms with Crippen LogP contribution in [0.2, 0.25) is 0 Å². The van der Waals surface area contributed by atoms with E-state index in [1.54, 1.807) is 7.11 Å². The monoisotopic (exact) mass is 329 g/mol. The fourth-order valence-corrected chi connectivity index (χ4v) is 5.14. The van der Waals surface area contributed by atoms with Crippen molar-refractivity contribution < 1.29 is 9.26 Å². The molecule has 0 radical (unpaired) electrons. The van der Waals surface area contributed by atoms with Gasteiger partial charge < -0.3 is 13.8 Å². The third-order valence-electron chi connectivity index (χ3n) is 6.30. The Morgan fingerprint density at radius 3 is 3.08 bits per heavy atom. The zero-order valence-corrected chi connectivity index (χ0v) is 15.1. The second-order valence-corrected chi connectivity index (χ2v) is 7.70. The van der Waals surface area contributed by atoms with Gasteiger partial charge in [-0.3, -0.25) is 0 Å². The van der Waals surface area contributed by atoms with Crippen LogP contribution in [-0.4, -0.2) is 28.4 Å². The molecule has 2 heterocycles. The van der Waals surface area contributed by atoms with Crippen LogP contribution in [0.1, 0.15) is 61.1 Å². The SMILES string of the molecule is COCCCn1c(C)nc2c1CC[C@H]1[C@H](C)c3oncc3C[C@]21C. The van der Waals surface area contributed by atoms with Gasteiger partial charge in [0.05, 0.1) is 11.9 Å². The highest BCUT2D eigenvalue weighted by atomic mass is 16.5. The average molecular weight is 329 g/mol. The lowest BCUT2D eigenvalue weighted by molar-refractivity contribution is 0.170. The minimum absolute atomic E-state index is 0.0861. The molecule has 3 atom stereocenters. The highest BCUT2D eigenvalue weighted by molar-refractivity contribution is 5.38. The van der Waals surface area contributed by atoms with Crippen LogP contribution in [0.4, 0.5) is 0 Å². The van der Waals surface area contributed by atoms with E-state index < -0.39 is 0 Å². The van der Waals surface area contributed by atoms with E-state index in [0.29, 0.717) is 11.8 Å². The molecule has 130 valence electrons. The number of methoxy groups -OCH3 is 1. The fourth-order valence-electron chi connectivity index (χ4n) is 5.14. The Kier molecular flexibility index (Phi) is 3.79. The second-order valence-electron chi connectivity index (χ2n) is 7.70. The minimum atomic E-state index is 0.0861. The summed E-state index contributed by atoms with van der Waals surface area (Å²) in [5.74, 6) is 3.22. The Labute approximate surface area is 143 Å². The van der Waals surface area contributed by atoms with Crippen molar-refractivity contribution in [3.63, 3.8) is 0 Å². The number of imidazole rings is 1. The number of hydrogen-bond donors (Lipinski definition) is 0. The molecular weight excluding hydrogens is 302 g/mol. The molecule has 2 aromatic rings. The number of ether oxygens (including phenoxy) is 1. The highest BCUT2D eigenvalue weighted by Crippen LogP contribution is 2.53. The van der Waals surface area contributed by atoms with Gasteiger partial charge in [-0.15, -0.1) is 0 Å². The van der Waals surface area contributed by atoms with Crippen molar-refractivity contribution in [3.05, 3.63) is 34.7 Å². The summed E-state index contributed by atoms with van der Waals surface area (Å²) in [6.45, 7) is 8.62. The molecule has 2 aliphatic carbocycles. The lowest BCUT2D eigenvalue weighted by Crippen LogP contribution is -2.44. The summed E-state index contributed by atoms with van der Waals surface area (Å²) in [5.41, 5.74) is 4.10. The third-order valence-corrected chi connectivity index (χ3v) is 6.30. The van der Waals surface area contributed by atoms with Crippen molar-refractivity contribution in [1.82, 2.24) is 14.7 Å². The molecule has 24 heavy (non-hydrogen) atoms. The molecule has 0 amide bonds. The molecule has 0 saturated carbocycles. The van der Waals surface area contributed by atoms with E-state index in [9.17, 15) is 0 Å². The molecular formula is C19H27N3O2. The van der Waals surface area contributed by atoms with E-state index in [1.165, 1.54) is 23.4 Å². The van der Waals surface area contributed by atoms with Crippen molar-refractivity contribution in [3.8, 4) is 0 Å². The third kappa shape index (κ3) is 2.17. The maximum atomic E-state index is 5.56. The van der Waals surface area contributed by atoms with Gasteiger partial charge in [-0.25, -0.2) is 4.98 Å².